The summed E-state index contributed by atoms with van der Waals surface area (Å²) in [6, 6.07) is 11.6. The number of amides is 1. The van der Waals surface area contributed by atoms with E-state index in [-0.39, 0.29) is 12.3 Å². The second-order valence-corrected chi connectivity index (χ2v) is 10.2. The van der Waals surface area contributed by atoms with Crippen LogP contribution in [-0.2, 0) is 23.6 Å². The second-order valence-electron chi connectivity index (χ2n) is 10.2. The Balaban J connectivity index is 1.80. The Bertz CT molecular complexity index is 1320. The molecule has 1 aromatic heterocycles. The van der Waals surface area contributed by atoms with Crippen LogP contribution >= 0.6 is 0 Å². The molecule has 0 radical (unpaired) electrons. The number of hydrogen-bond acceptors (Lipinski definition) is 6. The molecule has 2 aromatic carbocycles. The molecule has 9 nitrogen and oxygen atoms in total. The van der Waals surface area contributed by atoms with Crippen molar-refractivity contribution in [1.82, 2.24) is 14.0 Å². The lowest BCUT2D eigenvalue weighted by Gasteiger charge is -2.27. The van der Waals surface area contributed by atoms with Crippen LogP contribution in [0.4, 0.5) is 4.79 Å². The van der Waals surface area contributed by atoms with Crippen molar-refractivity contribution in [3.05, 3.63) is 46.9 Å². The molecular weight excluding hydrogens is 486 g/mol. The van der Waals surface area contributed by atoms with Crippen molar-refractivity contribution >= 4 is 23.4 Å². The van der Waals surface area contributed by atoms with Gasteiger partial charge in [-0.15, -0.1) is 0 Å². The summed E-state index contributed by atoms with van der Waals surface area (Å²) in [4.78, 5) is 37.4. The molecule has 0 saturated heterocycles. The normalized spacial score (nSPS) is 11.4. The van der Waals surface area contributed by atoms with Crippen LogP contribution in [-0.4, -0.2) is 58.3 Å². The third-order valence-electron chi connectivity index (χ3n) is 6.12. The van der Waals surface area contributed by atoms with Gasteiger partial charge < -0.3 is 23.9 Å². The van der Waals surface area contributed by atoms with Gasteiger partial charge in [0, 0.05) is 27.1 Å². The van der Waals surface area contributed by atoms with Gasteiger partial charge in [0.2, 0.25) is 0 Å². The summed E-state index contributed by atoms with van der Waals surface area (Å²) in [5.74, 6) is 1.18. The predicted octanol–water partition coefficient (Wildman–Crippen LogP) is 4.93. The zero-order valence-corrected chi connectivity index (χ0v) is 23.3. The Morgan fingerprint density at radius 1 is 0.921 bits per heavy atom. The van der Waals surface area contributed by atoms with Crippen molar-refractivity contribution < 1.29 is 23.8 Å². The lowest BCUT2D eigenvalue weighted by molar-refractivity contribution is -0.107. The minimum Gasteiger partial charge on any atom is -0.490 e. The first kappa shape index (κ1) is 28.8. The topological polar surface area (TPSA) is 92.0 Å². The number of hydrogen-bond donors (Lipinski definition) is 0. The van der Waals surface area contributed by atoms with Crippen LogP contribution in [0.2, 0.25) is 0 Å². The molecule has 3 aromatic rings. The number of aromatic nitrogens is 2. The fourth-order valence-corrected chi connectivity index (χ4v) is 4.18. The number of carbonyl (C=O) groups is 2. The van der Waals surface area contributed by atoms with Crippen LogP contribution in [0.1, 0.15) is 47.0 Å². The molecule has 0 aliphatic rings. The summed E-state index contributed by atoms with van der Waals surface area (Å²) < 4.78 is 20.7. The molecule has 0 fully saturated rings. The Hall–Kier alpha value is -3.75. The number of unbranched alkanes of at least 4 members (excludes halogenated alkanes) is 2. The van der Waals surface area contributed by atoms with E-state index in [4.69, 9.17) is 14.2 Å². The molecule has 1 heterocycles. The van der Waals surface area contributed by atoms with E-state index >= 15 is 0 Å². The Kier molecular flexibility index (Phi) is 9.61. The number of nitrogens with zero attached hydrogens (tertiary/aromatic N) is 3. The minimum atomic E-state index is -0.612. The summed E-state index contributed by atoms with van der Waals surface area (Å²) in [5.41, 5.74) is 2.87. The van der Waals surface area contributed by atoms with E-state index in [1.165, 1.54) is 0 Å². The SMILES string of the molecule is CCOc1ccc(-c2ccc3c(c2)n(C)c(=O)n3C)cc1OCCN(CCCCC=O)C(=O)OC(C)(C)C. The first-order valence-corrected chi connectivity index (χ1v) is 13.0. The van der Waals surface area contributed by atoms with E-state index in [9.17, 15) is 14.4 Å². The van der Waals surface area contributed by atoms with Crippen LogP contribution in [0.25, 0.3) is 22.2 Å². The van der Waals surface area contributed by atoms with Gasteiger partial charge >= 0.3 is 11.8 Å². The maximum Gasteiger partial charge on any atom is 0.410 e. The summed E-state index contributed by atoms with van der Waals surface area (Å²) >= 11 is 0. The molecule has 0 spiro atoms. The number of imidazole rings is 1. The molecule has 206 valence electrons. The van der Waals surface area contributed by atoms with Crippen molar-refractivity contribution in [3.63, 3.8) is 0 Å². The Labute approximate surface area is 223 Å². The standard InChI is InChI=1S/C29H39N3O6/c1-7-36-25-14-12-22(21-11-13-23-24(19-21)31(6)27(34)30(23)5)20-26(25)37-18-16-32(15-9-8-10-17-33)28(35)38-29(2,3)4/h11-14,17,19-20H,7-10,15-16,18H2,1-6H3. The summed E-state index contributed by atoms with van der Waals surface area (Å²) in [6.45, 7) is 8.91. The van der Waals surface area contributed by atoms with Crippen molar-refractivity contribution in [2.45, 2.75) is 52.6 Å². The van der Waals surface area contributed by atoms with Gasteiger partial charge in [0.15, 0.2) is 11.5 Å². The monoisotopic (exact) mass is 525 g/mol. The number of rotatable bonds is 12. The summed E-state index contributed by atoms with van der Waals surface area (Å²) in [6.07, 6.45) is 2.34. The van der Waals surface area contributed by atoms with Gasteiger partial charge in [-0.1, -0.05) is 12.1 Å². The molecule has 0 N–H and O–H groups in total. The van der Waals surface area contributed by atoms with Crippen LogP contribution in [0.3, 0.4) is 0 Å². The fraction of sp³-hybridized carbons (Fsp3) is 0.483. The summed E-state index contributed by atoms with van der Waals surface area (Å²) in [7, 11) is 3.52. The van der Waals surface area contributed by atoms with Crippen LogP contribution in [0.5, 0.6) is 11.5 Å². The smallest absolute Gasteiger partial charge is 0.410 e. The zero-order chi connectivity index (χ0) is 27.9. The molecule has 1 amide bonds. The second kappa shape index (κ2) is 12.7. The van der Waals surface area contributed by atoms with E-state index < -0.39 is 11.7 Å². The number of aldehydes is 1. The molecule has 0 aliphatic heterocycles. The predicted molar refractivity (Wildman–Crippen MR) is 148 cm³/mol. The third kappa shape index (κ3) is 7.18. The fourth-order valence-electron chi connectivity index (χ4n) is 4.18. The Morgan fingerprint density at radius 3 is 2.29 bits per heavy atom. The van der Waals surface area contributed by atoms with Gasteiger partial charge in [0.05, 0.1) is 24.2 Å². The van der Waals surface area contributed by atoms with Gasteiger partial charge in [-0.2, -0.15) is 0 Å². The highest BCUT2D eigenvalue weighted by molar-refractivity contribution is 5.83. The average Bonchev–Trinajstić information content (AvgIpc) is 3.08. The molecular formula is C29H39N3O6. The van der Waals surface area contributed by atoms with Gasteiger partial charge in [-0.3, -0.25) is 9.13 Å². The van der Waals surface area contributed by atoms with E-state index in [0.29, 0.717) is 50.5 Å². The third-order valence-corrected chi connectivity index (χ3v) is 6.12. The number of carbonyl (C=O) groups excluding carboxylic acids is 2. The first-order chi connectivity index (χ1) is 18.1. The van der Waals surface area contributed by atoms with E-state index in [1.54, 1.807) is 28.1 Å². The maximum atomic E-state index is 12.8. The highest BCUT2D eigenvalue weighted by atomic mass is 16.6. The quantitative estimate of drug-likeness (QED) is 0.246. The van der Waals surface area contributed by atoms with Crippen molar-refractivity contribution in [2.75, 3.05) is 26.3 Å². The number of ether oxygens (including phenoxy) is 3. The van der Waals surface area contributed by atoms with E-state index in [2.05, 4.69) is 0 Å². The van der Waals surface area contributed by atoms with Gasteiger partial charge in [-0.05, 0) is 75.9 Å². The molecule has 0 saturated carbocycles. The van der Waals surface area contributed by atoms with Crippen molar-refractivity contribution in [3.8, 4) is 22.6 Å². The van der Waals surface area contributed by atoms with Crippen LogP contribution < -0.4 is 15.2 Å². The van der Waals surface area contributed by atoms with Crippen molar-refractivity contribution in [2.24, 2.45) is 14.1 Å². The number of benzene rings is 2. The molecule has 0 aliphatic carbocycles. The number of fused-ring (bicyclic) bond motifs is 1. The summed E-state index contributed by atoms with van der Waals surface area (Å²) in [5, 5.41) is 0. The molecule has 0 atom stereocenters. The average molecular weight is 526 g/mol. The zero-order valence-electron chi connectivity index (χ0n) is 23.3. The lowest BCUT2D eigenvalue weighted by Crippen LogP contribution is -2.39. The van der Waals surface area contributed by atoms with Gasteiger partial charge in [-0.25, -0.2) is 9.59 Å². The first-order valence-electron chi connectivity index (χ1n) is 13.0. The van der Waals surface area contributed by atoms with Gasteiger partial charge in [0.25, 0.3) is 0 Å². The molecule has 0 bridgehead atoms. The van der Waals surface area contributed by atoms with Crippen LogP contribution in [0.15, 0.2) is 41.2 Å². The maximum absolute atomic E-state index is 12.8. The number of aryl methyl sites for hydroxylation is 2. The van der Waals surface area contributed by atoms with Crippen molar-refractivity contribution in [1.29, 1.82) is 0 Å². The van der Waals surface area contributed by atoms with E-state index in [1.807, 2.05) is 64.1 Å². The highest BCUT2D eigenvalue weighted by Gasteiger charge is 2.22. The largest absolute Gasteiger partial charge is 0.490 e. The molecule has 9 heteroatoms. The highest BCUT2D eigenvalue weighted by Crippen LogP contribution is 2.34. The van der Waals surface area contributed by atoms with Crippen LogP contribution in [0, 0.1) is 0 Å². The minimum absolute atomic E-state index is 0.0754. The van der Waals surface area contributed by atoms with E-state index in [0.717, 1.165) is 28.4 Å². The van der Waals surface area contributed by atoms with Gasteiger partial charge in [0.1, 0.15) is 18.5 Å². The lowest BCUT2D eigenvalue weighted by atomic mass is 10.0. The Morgan fingerprint density at radius 2 is 1.61 bits per heavy atom. The molecule has 0 unspecified atom stereocenters. The molecule has 38 heavy (non-hydrogen) atoms. The molecule has 3 rings (SSSR count).